The molecule has 0 aromatic carbocycles. The van der Waals surface area contributed by atoms with Crippen molar-refractivity contribution < 1.29 is 14.3 Å². The molecule has 2 aliphatic carbocycles. The summed E-state index contributed by atoms with van der Waals surface area (Å²) in [5.74, 6) is 1.08. The monoisotopic (exact) mass is 445 g/mol. The van der Waals surface area contributed by atoms with Crippen LogP contribution in [-0.2, 0) is 9.53 Å². The maximum Gasteiger partial charge on any atom is 0.318 e. The SMILES string of the molecule is N#CC1(NC(=O)C(CC2CCCCC2)NC(=O)N2CCOCC2)CCN(CC2CC2)CC1. The van der Waals surface area contributed by atoms with Gasteiger partial charge >= 0.3 is 6.03 Å². The Balaban J connectivity index is 1.37. The zero-order valence-corrected chi connectivity index (χ0v) is 19.3. The van der Waals surface area contributed by atoms with Crippen molar-refractivity contribution in [3.05, 3.63) is 0 Å². The maximum absolute atomic E-state index is 13.4. The Morgan fingerprint density at radius 2 is 1.69 bits per heavy atom. The number of ether oxygens (including phenoxy) is 1. The highest BCUT2D eigenvalue weighted by molar-refractivity contribution is 5.87. The summed E-state index contributed by atoms with van der Waals surface area (Å²) in [6, 6.07) is 1.62. The largest absolute Gasteiger partial charge is 0.378 e. The van der Waals surface area contributed by atoms with E-state index in [-0.39, 0.29) is 11.9 Å². The molecule has 0 bridgehead atoms. The van der Waals surface area contributed by atoms with Crippen LogP contribution in [0.25, 0.3) is 0 Å². The van der Waals surface area contributed by atoms with Crippen LogP contribution in [0, 0.1) is 23.2 Å². The van der Waals surface area contributed by atoms with Crippen molar-refractivity contribution in [1.29, 1.82) is 5.26 Å². The molecule has 4 fully saturated rings. The van der Waals surface area contributed by atoms with Gasteiger partial charge in [0.05, 0.1) is 19.3 Å². The molecule has 4 aliphatic rings. The molecular weight excluding hydrogens is 406 g/mol. The highest BCUT2D eigenvalue weighted by Crippen LogP contribution is 2.32. The fraction of sp³-hybridized carbons (Fsp3) is 0.875. The molecule has 0 radical (unpaired) electrons. The second-order valence-electron chi connectivity index (χ2n) is 10.3. The molecular formula is C24H39N5O3. The number of carbonyl (C=O) groups excluding carboxylic acids is 2. The van der Waals surface area contributed by atoms with E-state index in [0.717, 1.165) is 38.4 Å². The van der Waals surface area contributed by atoms with Gasteiger partial charge in [0, 0.05) is 32.7 Å². The molecule has 1 unspecified atom stereocenters. The fourth-order valence-electron chi connectivity index (χ4n) is 5.37. The lowest BCUT2D eigenvalue weighted by Gasteiger charge is -2.39. The van der Waals surface area contributed by atoms with E-state index in [2.05, 4.69) is 21.6 Å². The Morgan fingerprint density at radius 3 is 2.31 bits per heavy atom. The molecule has 0 aromatic heterocycles. The number of nitrogens with one attached hydrogen (secondary N) is 2. The summed E-state index contributed by atoms with van der Waals surface area (Å²) in [6.07, 6.45) is 10.4. The Labute approximate surface area is 192 Å². The van der Waals surface area contributed by atoms with E-state index in [0.29, 0.717) is 51.5 Å². The van der Waals surface area contributed by atoms with Crippen LogP contribution in [0.5, 0.6) is 0 Å². The normalized spacial score (nSPS) is 25.5. The number of urea groups is 1. The van der Waals surface area contributed by atoms with E-state index in [4.69, 9.17) is 4.74 Å². The molecule has 3 amide bonds. The van der Waals surface area contributed by atoms with Crippen LogP contribution < -0.4 is 10.6 Å². The lowest BCUT2D eigenvalue weighted by atomic mass is 9.84. The first-order chi connectivity index (χ1) is 15.6. The quantitative estimate of drug-likeness (QED) is 0.626. The highest BCUT2D eigenvalue weighted by Gasteiger charge is 2.39. The van der Waals surface area contributed by atoms with Crippen molar-refractivity contribution >= 4 is 11.9 Å². The first-order valence-corrected chi connectivity index (χ1v) is 12.7. The second kappa shape index (κ2) is 10.8. The third kappa shape index (κ3) is 6.35. The van der Waals surface area contributed by atoms with E-state index in [9.17, 15) is 14.9 Å². The standard InChI is InChI=1S/C24H39N5O3/c25-18-24(8-10-28(11-9-24)17-20-6-7-20)27-22(30)21(16-19-4-2-1-3-5-19)26-23(31)29-12-14-32-15-13-29/h19-21H,1-17H2,(H,26,31)(H,27,30). The predicted octanol–water partition coefficient (Wildman–Crippen LogP) is 2.25. The molecule has 2 aliphatic heterocycles. The Hall–Kier alpha value is -1.85. The molecule has 2 N–H and O–H groups in total. The lowest BCUT2D eigenvalue weighted by Crippen LogP contribution is -2.60. The third-order valence-corrected chi connectivity index (χ3v) is 7.71. The number of likely N-dealkylation sites (tertiary alicyclic amines) is 1. The Kier molecular flexibility index (Phi) is 7.90. The summed E-state index contributed by atoms with van der Waals surface area (Å²) in [5.41, 5.74) is -0.828. The van der Waals surface area contributed by atoms with Gasteiger partial charge in [-0.05, 0) is 43.9 Å². The van der Waals surface area contributed by atoms with Crippen LogP contribution in [0.2, 0.25) is 0 Å². The third-order valence-electron chi connectivity index (χ3n) is 7.71. The minimum absolute atomic E-state index is 0.200. The molecule has 0 spiro atoms. The van der Waals surface area contributed by atoms with Gasteiger partial charge in [-0.15, -0.1) is 0 Å². The molecule has 2 heterocycles. The van der Waals surface area contributed by atoms with Gasteiger partial charge in [-0.3, -0.25) is 4.79 Å². The van der Waals surface area contributed by atoms with E-state index in [1.165, 1.54) is 32.1 Å². The average molecular weight is 446 g/mol. The van der Waals surface area contributed by atoms with Crippen LogP contribution >= 0.6 is 0 Å². The Bertz CT molecular complexity index is 684. The first kappa shape index (κ1) is 23.3. The molecule has 8 heteroatoms. The first-order valence-electron chi connectivity index (χ1n) is 12.7. The van der Waals surface area contributed by atoms with Gasteiger partial charge in [0.1, 0.15) is 11.6 Å². The van der Waals surface area contributed by atoms with Crippen molar-refractivity contribution in [2.24, 2.45) is 11.8 Å². The summed E-state index contributed by atoms with van der Waals surface area (Å²) >= 11 is 0. The molecule has 32 heavy (non-hydrogen) atoms. The molecule has 1 atom stereocenters. The van der Waals surface area contributed by atoms with Crippen LogP contribution in [-0.4, -0.2) is 79.3 Å². The second-order valence-corrected chi connectivity index (χ2v) is 10.3. The van der Waals surface area contributed by atoms with Gasteiger partial charge in [-0.2, -0.15) is 5.26 Å². The molecule has 2 saturated carbocycles. The molecule has 0 aromatic rings. The number of carbonyl (C=O) groups is 2. The minimum atomic E-state index is -0.828. The van der Waals surface area contributed by atoms with E-state index in [1.807, 2.05) is 0 Å². The van der Waals surface area contributed by atoms with Crippen molar-refractivity contribution in [3.63, 3.8) is 0 Å². The van der Waals surface area contributed by atoms with Gasteiger partial charge in [0.2, 0.25) is 5.91 Å². The fourth-order valence-corrected chi connectivity index (χ4v) is 5.37. The number of hydrogen-bond acceptors (Lipinski definition) is 5. The predicted molar refractivity (Wildman–Crippen MR) is 121 cm³/mol. The minimum Gasteiger partial charge on any atom is -0.378 e. The summed E-state index contributed by atoms with van der Waals surface area (Å²) < 4.78 is 5.35. The van der Waals surface area contributed by atoms with E-state index >= 15 is 0 Å². The Morgan fingerprint density at radius 1 is 1.00 bits per heavy atom. The topological polar surface area (TPSA) is 97.7 Å². The summed E-state index contributed by atoms with van der Waals surface area (Å²) in [5, 5.41) is 16.1. The van der Waals surface area contributed by atoms with Crippen molar-refractivity contribution in [1.82, 2.24) is 20.4 Å². The molecule has 178 valence electrons. The summed E-state index contributed by atoms with van der Waals surface area (Å²) in [6.45, 7) is 4.96. The molecule has 8 nitrogen and oxygen atoms in total. The number of amides is 3. The van der Waals surface area contributed by atoms with Crippen molar-refractivity contribution in [2.45, 2.75) is 75.8 Å². The van der Waals surface area contributed by atoms with Crippen molar-refractivity contribution in [3.8, 4) is 6.07 Å². The number of nitrogens with zero attached hydrogens (tertiary/aromatic N) is 3. The van der Waals surface area contributed by atoms with Crippen molar-refractivity contribution in [2.75, 3.05) is 45.9 Å². The zero-order valence-electron chi connectivity index (χ0n) is 19.3. The highest BCUT2D eigenvalue weighted by atomic mass is 16.5. The number of nitriles is 1. The smallest absolute Gasteiger partial charge is 0.318 e. The number of rotatable bonds is 7. The zero-order chi connectivity index (χ0) is 22.4. The van der Waals surface area contributed by atoms with Crippen LogP contribution in [0.15, 0.2) is 0 Å². The molecule has 4 rings (SSSR count). The summed E-state index contributed by atoms with van der Waals surface area (Å²) in [7, 11) is 0. The number of morpholine rings is 1. The van der Waals surface area contributed by atoms with Crippen LogP contribution in [0.4, 0.5) is 4.79 Å². The van der Waals surface area contributed by atoms with Gasteiger partial charge in [0.15, 0.2) is 0 Å². The summed E-state index contributed by atoms with van der Waals surface area (Å²) in [4.78, 5) is 30.4. The molecule has 2 saturated heterocycles. The van der Waals surface area contributed by atoms with E-state index in [1.54, 1.807) is 4.90 Å². The van der Waals surface area contributed by atoms with Gasteiger partial charge in [-0.25, -0.2) is 4.79 Å². The maximum atomic E-state index is 13.4. The van der Waals surface area contributed by atoms with Gasteiger partial charge in [0.25, 0.3) is 0 Å². The van der Waals surface area contributed by atoms with E-state index < -0.39 is 11.6 Å². The lowest BCUT2D eigenvalue weighted by molar-refractivity contribution is -0.125. The van der Waals surface area contributed by atoms with Crippen LogP contribution in [0.3, 0.4) is 0 Å². The number of hydrogen-bond donors (Lipinski definition) is 2. The van der Waals surface area contributed by atoms with Gasteiger partial charge in [-0.1, -0.05) is 32.1 Å². The van der Waals surface area contributed by atoms with Crippen LogP contribution in [0.1, 0.15) is 64.2 Å². The average Bonchev–Trinajstić information content (AvgIpc) is 3.65. The number of piperidine rings is 1. The van der Waals surface area contributed by atoms with Gasteiger partial charge < -0.3 is 25.2 Å².